The molecule has 0 aromatic carbocycles. The van der Waals surface area contributed by atoms with Crippen LogP contribution in [0.4, 0.5) is 0 Å². The number of allylic oxidation sites excluding steroid dienone is 16. The number of aliphatic carboxylic acids is 1. The standard InChI is InChI=1S/C63H102O12/c1-4-7-10-13-16-19-22-24-26-27-28-29-31-33-36-39-42-45-48-51-57(66)74-61-59(68)58(67)60(62(69)70)75-63(61)72-53-54(73-56(65)50-47-44-41-38-34-21-18-15-12-9-6-3)52-71-55(64)49-46-43-40-37-35-32-30-25-23-20-17-14-11-8-5-2/h7,10,15-16,18-19,24-26,28-30,33,36,42,45,54,58-61,63,67-68H,4-6,8-9,11-14,17,20-23,27,31-32,34-35,37-41,43-44,46-53H2,1-3H3,(H,69,70)/b10-7-,18-15-,19-16-,26-24-,29-28-,30-25-,36-33-,45-42-. The van der Waals surface area contributed by atoms with Crippen LogP contribution in [0.5, 0.6) is 0 Å². The minimum atomic E-state index is -1.93. The monoisotopic (exact) mass is 1050 g/mol. The predicted molar refractivity (Wildman–Crippen MR) is 303 cm³/mol. The molecule has 3 N–H and O–H groups in total. The van der Waals surface area contributed by atoms with E-state index in [1.807, 2.05) is 18.2 Å². The summed E-state index contributed by atoms with van der Waals surface area (Å²) in [6, 6.07) is 0. The van der Waals surface area contributed by atoms with Crippen molar-refractivity contribution in [1.82, 2.24) is 0 Å². The number of hydrogen-bond acceptors (Lipinski definition) is 11. The number of hydrogen-bond donors (Lipinski definition) is 3. The maximum atomic E-state index is 13.1. The number of rotatable bonds is 48. The van der Waals surface area contributed by atoms with Gasteiger partial charge >= 0.3 is 23.9 Å². The fourth-order valence-electron chi connectivity index (χ4n) is 8.13. The third-order valence-corrected chi connectivity index (χ3v) is 12.6. The van der Waals surface area contributed by atoms with Gasteiger partial charge in [-0.1, -0.05) is 201 Å². The Labute approximate surface area is 453 Å². The highest BCUT2D eigenvalue weighted by atomic mass is 16.7. The predicted octanol–water partition coefficient (Wildman–Crippen LogP) is 14.9. The van der Waals surface area contributed by atoms with Gasteiger partial charge < -0.3 is 39.0 Å². The number of carbonyl (C=O) groups excluding carboxylic acids is 3. The molecule has 0 amide bonds. The van der Waals surface area contributed by atoms with Crippen LogP contribution >= 0.6 is 0 Å². The maximum Gasteiger partial charge on any atom is 0.335 e. The Hall–Kier alpha value is -4.36. The first-order valence-corrected chi connectivity index (χ1v) is 29.2. The molecule has 426 valence electrons. The largest absolute Gasteiger partial charge is 0.479 e. The molecule has 12 nitrogen and oxygen atoms in total. The molecular weight excluding hydrogens is 949 g/mol. The number of carbonyl (C=O) groups is 4. The molecule has 1 rings (SSSR count). The van der Waals surface area contributed by atoms with Crippen LogP contribution in [0.3, 0.4) is 0 Å². The number of unbranched alkanes of at least 4 members (excludes halogenated alkanes) is 18. The Morgan fingerprint density at radius 2 is 0.880 bits per heavy atom. The van der Waals surface area contributed by atoms with Gasteiger partial charge in [0.2, 0.25) is 0 Å². The average Bonchev–Trinajstić information content (AvgIpc) is 3.39. The van der Waals surface area contributed by atoms with E-state index in [4.69, 9.17) is 23.7 Å². The molecule has 12 heteroatoms. The second-order valence-corrected chi connectivity index (χ2v) is 19.5. The molecule has 1 heterocycles. The van der Waals surface area contributed by atoms with Crippen LogP contribution in [0.25, 0.3) is 0 Å². The Kier molecular flexibility index (Phi) is 46.2. The molecule has 0 bridgehead atoms. The Bertz CT molecular complexity index is 1670. The Morgan fingerprint density at radius 3 is 1.37 bits per heavy atom. The lowest BCUT2D eigenvalue weighted by Crippen LogP contribution is -2.61. The van der Waals surface area contributed by atoms with Crippen LogP contribution in [-0.2, 0) is 42.9 Å². The van der Waals surface area contributed by atoms with Gasteiger partial charge in [0.1, 0.15) is 18.8 Å². The van der Waals surface area contributed by atoms with E-state index in [-0.39, 0.29) is 25.9 Å². The highest BCUT2D eigenvalue weighted by Gasteiger charge is 2.50. The van der Waals surface area contributed by atoms with Crippen molar-refractivity contribution in [2.24, 2.45) is 0 Å². The van der Waals surface area contributed by atoms with Gasteiger partial charge in [-0.05, 0) is 103 Å². The van der Waals surface area contributed by atoms with Gasteiger partial charge in [-0.2, -0.15) is 0 Å². The van der Waals surface area contributed by atoms with E-state index in [0.717, 1.165) is 109 Å². The highest BCUT2D eigenvalue weighted by Crippen LogP contribution is 2.26. The van der Waals surface area contributed by atoms with Crippen molar-refractivity contribution in [3.63, 3.8) is 0 Å². The van der Waals surface area contributed by atoms with Gasteiger partial charge in [-0.25, -0.2) is 4.79 Å². The molecule has 1 aliphatic rings. The smallest absolute Gasteiger partial charge is 0.335 e. The number of carboxylic acids is 1. The van der Waals surface area contributed by atoms with Crippen LogP contribution in [0.2, 0.25) is 0 Å². The molecule has 0 saturated carbocycles. The summed E-state index contributed by atoms with van der Waals surface area (Å²) < 4.78 is 28.3. The number of carboxylic acid groups (broad SMARTS) is 1. The highest BCUT2D eigenvalue weighted by molar-refractivity contribution is 5.74. The first kappa shape index (κ1) is 68.7. The van der Waals surface area contributed by atoms with E-state index >= 15 is 0 Å². The molecular formula is C63H102O12. The average molecular weight is 1050 g/mol. The van der Waals surface area contributed by atoms with Crippen LogP contribution in [0.15, 0.2) is 97.2 Å². The van der Waals surface area contributed by atoms with E-state index in [1.165, 1.54) is 51.4 Å². The summed E-state index contributed by atoms with van der Waals surface area (Å²) in [6.07, 6.45) is 53.9. The van der Waals surface area contributed by atoms with Gasteiger partial charge in [0.05, 0.1) is 6.61 Å². The Balaban J connectivity index is 2.73. The summed E-state index contributed by atoms with van der Waals surface area (Å²) >= 11 is 0. The van der Waals surface area contributed by atoms with Crippen molar-refractivity contribution in [2.45, 2.75) is 263 Å². The molecule has 0 spiro atoms. The van der Waals surface area contributed by atoms with E-state index in [9.17, 15) is 34.5 Å². The van der Waals surface area contributed by atoms with Crippen LogP contribution < -0.4 is 0 Å². The zero-order chi connectivity index (χ0) is 54.7. The second-order valence-electron chi connectivity index (χ2n) is 19.5. The van der Waals surface area contributed by atoms with Crippen molar-refractivity contribution >= 4 is 23.9 Å². The van der Waals surface area contributed by atoms with E-state index in [0.29, 0.717) is 25.7 Å². The molecule has 0 radical (unpaired) electrons. The number of aliphatic hydroxyl groups excluding tert-OH is 2. The molecule has 1 aliphatic heterocycles. The lowest BCUT2D eigenvalue weighted by molar-refractivity contribution is -0.301. The summed E-state index contributed by atoms with van der Waals surface area (Å²) in [7, 11) is 0. The summed E-state index contributed by atoms with van der Waals surface area (Å²) in [5.74, 6) is -3.26. The quantitative estimate of drug-likeness (QED) is 0.0228. The number of ether oxygens (including phenoxy) is 5. The zero-order valence-electron chi connectivity index (χ0n) is 46.8. The number of aliphatic hydroxyl groups is 2. The van der Waals surface area contributed by atoms with Crippen molar-refractivity contribution in [3.05, 3.63) is 97.2 Å². The van der Waals surface area contributed by atoms with Gasteiger partial charge in [0, 0.05) is 19.3 Å². The van der Waals surface area contributed by atoms with Gasteiger partial charge in [-0.3, -0.25) is 14.4 Å². The zero-order valence-corrected chi connectivity index (χ0v) is 46.8. The third-order valence-electron chi connectivity index (χ3n) is 12.6. The van der Waals surface area contributed by atoms with E-state index in [1.54, 1.807) is 0 Å². The van der Waals surface area contributed by atoms with E-state index in [2.05, 4.69) is 99.8 Å². The minimum Gasteiger partial charge on any atom is -0.479 e. The summed E-state index contributed by atoms with van der Waals surface area (Å²) in [5, 5.41) is 31.4. The normalized spacial score (nSPS) is 18.9. The molecule has 1 saturated heterocycles. The van der Waals surface area contributed by atoms with Crippen molar-refractivity contribution in [1.29, 1.82) is 0 Å². The molecule has 0 aromatic rings. The molecule has 75 heavy (non-hydrogen) atoms. The van der Waals surface area contributed by atoms with Gasteiger partial charge in [0.15, 0.2) is 24.6 Å². The van der Waals surface area contributed by atoms with E-state index < -0.39 is 67.3 Å². The summed E-state index contributed by atoms with van der Waals surface area (Å²) in [5.41, 5.74) is 0. The lowest BCUT2D eigenvalue weighted by Gasteiger charge is -2.40. The van der Waals surface area contributed by atoms with Crippen LogP contribution in [0, 0.1) is 0 Å². The second kappa shape index (κ2) is 50.5. The fraction of sp³-hybridized carbons (Fsp3) is 0.683. The first-order valence-electron chi connectivity index (χ1n) is 29.2. The maximum absolute atomic E-state index is 13.1. The molecule has 0 aromatic heterocycles. The fourth-order valence-corrected chi connectivity index (χ4v) is 8.13. The summed E-state index contributed by atoms with van der Waals surface area (Å²) in [4.78, 5) is 51.0. The van der Waals surface area contributed by atoms with Gasteiger partial charge in [-0.15, -0.1) is 0 Å². The van der Waals surface area contributed by atoms with Gasteiger partial charge in [0.25, 0.3) is 0 Å². The minimum absolute atomic E-state index is 0.0699. The summed E-state index contributed by atoms with van der Waals surface area (Å²) in [6.45, 7) is 5.78. The molecule has 6 unspecified atom stereocenters. The third kappa shape index (κ3) is 40.6. The van der Waals surface area contributed by atoms with Crippen LogP contribution in [-0.4, -0.2) is 89.2 Å². The molecule has 0 aliphatic carbocycles. The number of esters is 3. The SMILES string of the molecule is CC/C=C\C/C=C\C/C=C\C/C=C\C/C=C\C/C=C\CCC(=O)OC1C(OCC(COC(=O)CCCCCCC/C=C\CCCCCCCC)OC(=O)CCCCCCC/C=C\CCCC)OC(C(=O)O)C(O)C1O. The molecule has 6 atom stereocenters. The lowest BCUT2D eigenvalue weighted by atomic mass is 9.98. The molecule has 1 fully saturated rings. The topological polar surface area (TPSA) is 175 Å². The van der Waals surface area contributed by atoms with Crippen LogP contribution in [0.1, 0.15) is 226 Å². The van der Waals surface area contributed by atoms with Crippen molar-refractivity contribution < 1.29 is 58.2 Å². The first-order chi connectivity index (χ1) is 36.6. The Morgan fingerprint density at radius 1 is 0.453 bits per heavy atom. The van der Waals surface area contributed by atoms with Crippen molar-refractivity contribution in [3.8, 4) is 0 Å². The van der Waals surface area contributed by atoms with Crippen molar-refractivity contribution in [2.75, 3.05) is 13.2 Å².